The summed E-state index contributed by atoms with van der Waals surface area (Å²) in [7, 11) is 0. The van der Waals surface area contributed by atoms with E-state index in [1.807, 2.05) is 25.7 Å². The highest BCUT2D eigenvalue weighted by Gasteiger charge is 2.38. The molecule has 1 amide bonds. The zero-order valence-electron chi connectivity index (χ0n) is 13.1. The van der Waals surface area contributed by atoms with E-state index in [1.54, 1.807) is 0 Å². The lowest BCUT2D eigenvalue weighted by Gasteiger charge is -2.40. The Labute approximate surface area is 121 Å². The molecule has 0 aromatic heterocycles. The Bertz CT molecular complexity index is 346. The molecule has 2 N–H and O–H groups in total. The van der Waals surface area contributed by atoms with Gasteiger partial charge in [0.25, 0.3) is 0 Å². The van der Waals surface area contributed by atoms with Crippen molar-refractivity contribution in [1.29, 1.82) is 0 Å². The zero-order valence-corrected chi connectivity index (χ0v) is 13.1. The minimum absolute atomic E-state index is 0.0636. The van der Waals surface area contributed by atoms with E-state index in [0.717, 1.165) is 25.7 Å². The van der Waals surface area contributed by atoms with Crippen LogP contribution in [0.5, 0.6) is 0 Å². The Morgan fingerprint density at radius 1 is 1.40 bits per heavy atom. The van der Waals surface area contributed by atoms with Gasteiger partial charge in [-0.25, -0.2) is 0 Å². The summed E-state index contributed by atoms with van der Waals surface area (Å²) in [6.07, 6.45) is 3.83. The first-order valence-electron chi connectivity index (χ1n) is 7.67. The SMILES string of the molecule is CCCC(C)NC(=O)C(C)N1CCCC(C)C1C(=O)O. The fourth-order valence-electron chi connectivity index (χ4n) is 3.06. The van der Waals surface area contributed by atoms with Gasteiger partial charge in [0.15, 0.2) is 0 Å². The summed E-state index contributed by atoms with van der Waals surface area (Å²) < 4.78 is 0. The second-order valence-electron chi connectivity index (χ2n) is 6.01. The summed E-state index contributed by atoms with van der Waals surface area (Å²) in [6, 6.07) is -0.801. The monoisotopic (exact) mass is 284 g/mol. The molecule has 1 heterocycles. The minimum atomic E-state index is -0.821. The third-order valence-electron chi connectivity index (χ3n) is 4.21. The van der Waals surface area contributed by atoms with Crippen molar-refractivity contribution in [3.63, 3.8) is 0 Å². The van der Waals surface area contributed by atoms with E-state index >= 15 is 0 Å². The van der Waals surface area contributed by atoms with Crippen LogP contribution in [0.3, 0.4) is 0 Å². The molecular formula is C15H28N2O3. The second kappa shape index (κ2) is 7.62. The summed E-state index contributed by atoms with van der Waals surface area (Å²) >= 11 is 0. The summed E-state index contributed by atoms with van der Waals surface area (Å²) in [5.41, 5.74) is 0. The Morgan fingerprint density at radius 3 is 2.60 bits per heavy atom. The normalized spacial score (nSPS) is 26.8. The average Bonchev–Trinajstić information content (AvgIpc) is 2.37. The molecule has 0 aromatic carbocycles. The summed E-state index contributed by atoms with van der Waals surface area (Å²) in [4.78, 5) is 25.5. The van der Waals surface area contributed by atoms with Crippen LogP contribution in [0.1, 0.15) is 53.4 Å². The Kier molecular flexibility index (Phi) is 6.46. The molecule has 5 nitrogen and oxygen atoms in total. The van der Waals surface area contributed by atoms with Crippen LogP contribution in [0.25, 0.3) is 0 Å². The first kappa shape index (κ1) is 17.0. The van der Waals surface area contributed by atoms with Crippen LogP contribution < -0.4 is 5.32 Å². The van der Waals surface area contributed by atoms with Gasteiger partial charge in [0.2, 0.25) is 5.91 Å². The highest BCUT2D eigenvalue weighted by molar-refractivity contribution is 5.83. The summed E-state index contributed by atoms with van der Waals surface area (Å²) in [5.74, 6) is -0.797. The summed E-state index contributed by atoms with van der Waals surface area (Å²) in [5, 5.41) is 12.4. The van der Waals surface area contributed by atoms with Gasteiger partial charge in [0.1, 0.15) is 6.04 Å². The highest BCUT2D eigenvalue weighted by atomic mass is 16.4. The van der Waals surface area contributed by atoms with Gasteiger partial charge in [0.05, 0.1) is 6.04 Å². The fraction of sp³-hybridized carbons (Fsp3) is 0.867. The molecule has 1 fully saturated rings. The smallest absolute Gasteiger partial charge is 0.321 e. The van der Waals surface area contributed by atoms with Crippen LogP contribution in [-0.2, 0) is 9.59 Å². The number of carboxylic acids is 1. The minimum Gasteiger partial charge on any atom is -0.480 e. The standard InChI is InChI=1S/C15H28N2O3/c1-5-7-11(3)16-14(18)12(4)17-9-6-8-10(2)13(17)15(19)20/h10-13H,5-9H2,1-4H3,(H,16,18)(H,19,20). The largest absolute Gasteiger partial charge is 0.480 e. The number of hydrogen-bond donors (Lipinski definition) is 2. The third-order valence-corrected chi connectivity index (χ3v) is 4.21. The molecule has 20 heavy (non-hydrogen) atoms. The number of carboxylic acid groups (broad SMARTS) is 1. The molecule has 5 heteroatoms. The van der Waals surface area contributed by atoms with E-state index in [-0.39, 0.29) is 17.9 Å². The number of rotatable bonds is 6. The topological polar surface area (TPSA) is 69.6 Å². The predicted molar refractivity (Wildman–Crippen MR) is 78.5 cm³/mol. The van der Waals surface area contributed by atoms with Crippen molar-refractivity contribution in [3.05, 3.63) is 0 Å². The lowest BCUT2D eigenvalue weighted by atomic mass is 9.89. The number of hydrogen-bond acceptors (Lipinski definition) is 3. The van der Waals surface area contributed by atoms with Crippen molar-refractivity contribution in [2.45, 2.75) is 71.5 Å². The van der Waals surface area contributed by atoms with Gasteiger partial charge in [-0.3, -0.25) is 14.5 Å². The van der Waals surface area contributed by atoms with Gasteiger partial charge < -0.3 is 10.4 Å². The maximum Gasteiger partial charge on any atom is 0.321 e. The van der Waals surface area contributed by atoms with Crippen molar-refractivity contribution in [2.24, 2.45) is 5.92 Å². The van der Waals surface area contributed by atoms with E-state index in [1.165, 1.54) is 0 Å². The van der Waals surface area contributed by atoms with E-state index in [4.69, 9.17) is 0 Å². The maximum atomic E-state index is 12.3. The van der Waals surface area contributed by atoms with Crippen molar-refractivity contribution in [2.75, 3.05) is 6.54 Å². The van der Waals surface area contributed by atoms with Gasteiger partial charge in [-0.2, -0.15) is 0 Å². The molecular weight excluding hydrogens is 256 g/mol. The lowest BCUT2D eigenvalue weighted by molar-refractivity contribution is -0.149. The Balaban J connectivity index is 2.70. The van der Waals surface area contributed by atoms with Crippen LogP contribution in [0, 0.1) is 5.92 Å². The molecule has 116 valence electrons. The van der Waals surface area contributed by atoms with Gasteiger partial charge in [-0.1, -0.05) is 20.3 Å². The molecule has 0 aromatic rings. The Morgan fingerprint density at radius 2 is 2.05 bits per heavy atom. The van der Waals surface area contributed by atoms with Crippen LogP contribution >= 0.6 is 0 Å². The number of amides is 1. The van der Waals surface area contributed by atoms with Crippen LogP contribution in [-0.4, -0.2) is 46.6 Å². The summed E-state index contributed by atoms with van der Waals surface area (Å²) in [6.45, 7) is 8.51. The van der Waals surface area contributed by atoms with Crippen LogP contribution in [0.15, 0.2) is 0 Å². The van der Waals surface area contributed by atoms with E-state index < -0.39 is 18.1 Å². The zero-order chi connectivity index (χ0) is 15.3. The highest BCUT2D eigenvalue weighted by Crippen LogP contribution is 2.25. The number of carbonyl (C=O) groups excluding carboxylic acids is 1. The number of piperidine rings is 1. The fourth-order valence-corrected chi connectivity index (χ4v) is 3.06. The van der Waals surface area contributed by atoms with Crippen molar-refractivity contribution in [1.82, 2.24) is 10.2 Å². The molecule has 0 saturated carbocycles. The number of likely N-dealkylation sites (tertiary alicyclic amines) is 1. The average molecular weight is 284 g/mol. The van der Waals surface area contributed by atoms with E-state index in [9.17, 15) is 14.7 Å². The van der Waals surface area contributed by atoms with Crippen molar-refractivity contribution >= 4 is 11.9 Å². The molecule has 1 aliphatic heterocycles. The van der Waals surface area contributed by atoms with Gasteiger partial charge in [-0.05, 0) is 45.6 Å². The number of nitrogens with one attached hydrogen (secondary N) is 1. The van der Waals surface area contributed by atoms with E-state index in [2.05, 4.69) is 12.2 Å². The van der Waals surface area contributed by atoms with E-state index in [0.29, 0.717) is 6.54 Å². The van der Waals surface area contributed by atoms with Crippen molar-refractivity contribution < 1.29 is 14.7 Å². The lowest BCUT2D eigenvalue weighted by Crippen LogP contribution is -2.57. The molecule has 1 saturated heterocycles. The number of aliphatic carboxylic acids is 1. The van der Waals surface area contributed by atoms with Gasteiger partial charge in [-0.15, -0.1) is 0 Å². The molecule has 1 rings (SSSR count). The molecule has 4 unspecified atom stereocenters. The molecule has 4 atom stereocenters. The number of nitrogens with zero attached hydrogens (tertiary/aromatic N) is 1. The van der Waals surface area contributed by atoms with Crippen molar-refractivity contribution in [3.8, 4) is 0 Å². The van der Waals surface area contributed by atoms with Gasteiger partial charge >= 0.3 is 5.97 Å². The Hall–Kier alpha value is -1.10. The third kappa shape index (κ3) is 4.20. The van der Waals surface area contributed by atoms with Crippen LogP contribution in [0.2, 0.25) is 0 Å². The molecule has 0 radical (unpaired) electrons. The second-order valence-corrected chi connectivity index (χ2v) is 6.01. The first-order valence-corrected chi connectivity index (χ1v) is 7.67. The molecule has 0 spiro atoms. The molecule has 1 aliphatic rings. The number of carbonyl (C=O) groups is 2. The first-order chi connectivity index (χ1) is 9.38. The molecule has 0 aliphatic carbocycles. The van der Waals surface area contributed by atoms with Crippen LogP contribution in [0.4, 0.5) is 0 Å². The molecule has 0 bridgehead atoms. The predicted octanol–water partition coefficient (Wildman–Crippen LogP) is 1.86. The van der Waals surface area contributed by atoms with Gasteiger partial charge in [0, 0.05) is 6.04 Å². The maximum absolute atomic E-state index is 12.3. The quantitative estimate of drug-likeness (QED) is 0.781.